The van der Waals surface area contributed by atoms with E-state index in [2.05, 4.69) is 17.4 Å². The molecule has 116 valence electrons. The van der Waals surface area contributed by atoms with Crippen LogP contribution in [-0.2, 0) is 4.79 Å². The lowest BCUT2D eigenvalue weighted by atomic mass is 10.2. The second-order valence-electron chi connectivity index (χ2n) is 4.66. The molecule has 0 bridgehead atoms. The zero-order valence-electron chi connectivity index (χ0n) is 12.3. The average Bonchev–Trinajstić information content (AvgIpc) is 2.53. The van der Waals surface area contributed by atoms with Crippen molar-refractivity contribution < 1.29 is 9.53 Å². The number of halogens is 1. The van der Waals surface area contributed by atoms with Crippen LogP contribution in [0.3, 0.4) is 0 Å². The number of nitrogens with one attached hydrogen (secondary N) is 1. The second-order valence-corrected chi connectivity index (χ2v) is 6.26. The molecule has 22 heavy (non-hydrogen) atoms. The summed E-state index contributed by atoms with van der Waals surface area (Å²) >= 11 is 7.69. The van der Waals surface area contributed by atoms with Gasteiger partial charge < -0.3 is 10.1 Å². The van der Waals surface area contributed by atoms with Crippen LogP contribution in [0.25, 0.3) is 0 Å². The van der Waals surface area contributed by atoms with Crippen molar-refractivity contribution in [2.75, 3.05) is 18.2 Å². The number of methoxy groups -OCH3 is 1. The van der Waals surface area contributed by atoms with E-state index < -0.39 is 0 Å². The lowest BCUT2D eigenvalue weighted by molar-refractivity contribution is -0.116. The van der Waals surface area contributed by atoms with Gasteiger partial charge in [-0.2, -0.15) is 0 Å². The summed E-state index contributed by atoms with van der Waals surface area (Å²) in [4.78, 5) is 13.2. The van der Waals surface area contributed by atoms with Crippen molar-refractivity contribution in [1.29, 1.82) is 0 Å². The fourth-order valence-electron chi connectivity index (χ4n) is 1.93. The Kier molecular flexibility index (Phi) is 6.62. The van der Waals surface area contributed by atoms with E-state index in [4.69, 9.17) is 16.3 Å². The van der Waals surface area contributed by atoms with Gasteiger partial charge >= 0.3 is 0 Å². The summed E-state index contributed by atoms with van der Waals surface area (Å²) in [6, 6.07) is 15.3. The number of ether oxygens (including phenoxy) is 1. The smallest absolute Gasteiger partial charge is 0.224 e. The van der Waals surface area contributed by atoms with Crippen LogP contribution in [0, 0.1) is 0 Å². The van der Waals surface area contributed by atoms with E-state index in [0.717, 1.165) is 12.2 Å². The van der Waals surface area contributed by atoms with Crippen molar-refractivity contribution in [3.05, 3.63) is 53.6 Å². The molecule has 0 saturated heterocycles. The topological polar surface area (TPSA) is 38.3 Å². The number of benzene rings is 2. The van der Waals surface area contributed by atoms with Crippen LogP contribution >= 0.6 is 23.4 Å². The molecule has 0 radical (unpaired) electrons. The summed E-state index contributed by atoms with van der Waals surface area (Å²) in [6.07, 6.45) is 1.28. The lowest BCUT2D eigenvalue weighted by Gasteiger charge is -2.10. The molecule has 0 fully saturated rings. The molecule has 0 aliphatic heterocycles. The van der Waals surface area contributed by atoms with Crippen LogP contribution in [0.4, 0.5) is 5.69 Å². The predicted octanol–water partition coefficient (Wildman–Crippen LogP) is 4.86. The molecule has 0 saturated carbocycles. The normalized spacial score (nSPS) is 10.3. The number of anilines is 1. The average molecular weight is 336 g/mol. The molecule has 0 atom stereocenters. The summed E-state index contributed by atoms with van der Waals surface area (Å²) < 4.78 is 5.21. The molecule has 1 amide bonds. The standard InChI is InChI=1S/C17H18ClNO2S/c1-21-16-10-9-13(18)12-15(16)19-17(20)8-5-11-22-14-6-3-2-4-7-14/h2-4,6-7,9-10,12H,5,8,11H2,1H3,(H,19,20). The molecule has 0 aromatic heterocycles. The van der Waals surface area contributed by atoms with E-state index in [9.17, 15) is 4.79 Å². The first-order chi connectivity index (χ1) is 10.7. The van der Waals surface area contributed by atoms with Gasteiger partial charge in [-0.15, -0.1) is 11.8 Å². The molecule has 5 heteroatoms. The maximum atomic E-state index is 12.0. The minimum absolute atomic E-state index is 0.0331. The van der Waals surface area contributed by atoms with E-state index in [0.29, 0.717) is 22.9 Å². The molecule has 0 unspecified atom stereocenters. The van der Waals surface area contributed by atoms with Gasteiger partial charge in [0.2, 0.25) is 5.91 Å². The molecule has 2 aromatic carbocycles. The van der Waals surface area contributed by atoms with Crippen LogP contribution in [0.2, 0.25) is 5.02 Å². The number of rotatable bonds is 7. The first kappa shape index (κ1) is 16.7. The maximum absolute atomic E-state index is 12.0. The van der Waals surface area contributed by atoms with E-state index in [-0.39, 0.29) is 5.91 Å². The van der Waals surface area contributed by atoms with Crippen molar-refractivity contribution in [1.82, 2.24) is 0 Å². The van der Waals surface area contributed by atoms with Crippen LogP contribution in [-0.4, -0.2) is 18.8 Å². The summed E-state index contributed by atoms with van der Waals surface area (Å²) in [6.45, 7) is 0. The van der Waals surface area contributed by atoms with Crippen LogP contribution in [0.15, 0.2) is 53.4 Å². The van der Waals surface area contributed by atoms with Gasteiger partial charge in [0.05, 0.1) is 12.8 Å². The Morgan fingerprint density at radius 3 is 2.73 bits per heavy atom. The van der Waals surface area contributed by atoms with Gasteiger partial charge in [-0.3, -0.25) is 4.79 Å². The molecule has 2 rings (SSSR count). The molecule has 1 N–H and O–H groups in total. The SMILES string of the molecule is COc1ccc(Cl)cc1NC(=O)CCCSc1ccccc1. The molecule has 0 spiro atoms. The largest absolute Gasteiger partial charge is 0.495 e. The van der Waals surface area contributed by atoms with Gasteiger partial charge in [0.15, 0.2) is 0 Å². The molecule has 3 nitrogen and oxygen atoms in total. The van der Waals surface area contributed by atoms with Crippen LogP contribution in [0.5, 0.6) is 5.75 Å². The summed E-state index contributed by atoms with van der Waals surface area (Å²) in [5.74, 6) is 1.48. The molecule has 0 heterocycles. The Hall–Kier alpha value is -1.65. The summed E-state index contributed by atoms with van der Waals surface area (Å²) in [5, 5.41) is 3.41. The fourth-order valence-corrected chi connectivity index (χ4v) is 2.98. The summed E-state index contributed by atoms with van der Waals surface area (Å²) in [7, 11) is 1.56. The highest BCUT2D eigenvalue weighted by Gasteiger charge is 2.08. The van der Waals surface area contributed by atoms with Gasteiger partial charge in [0, 0.05) is 16.3 Å². The minimum atomic E-state index is -0.0331. The Labute approximate surface area is 140 Å². The number of amides is 1. The highest BCUT2D eigenvalue weighted by molar-refractivity contribution is 7.99. The van der Waals surface area contributed by atoms with E-state index in [1.807, 2.05) is 18.2 Å². The maximum Gasteiger partial charge on any atom is 0.224 e. The number of carbonyl (C=O) groups excluding carboxylic acids is 1. The third kappa shape index (κ3) is 5.28. The van der Waals surface area contributed by atoms with Gasteiger partial charge in [-0.1, -0.05) is 29.8 Å². The van der Waals surface area contributed by atoms with Crippen LogP contribution in [0.1, 0.15) is 12.8 Å². The monoisotopic (exact) mass is 335 g/mol. The Balaban J connectivity index is 1.77. The third-order valence-corrected chi connectivity index (χ3v) is 4.33. The highest BCUT2D eigenvalue weighted by Crippen LogP contribution is 2.28. The van der Waals surface area contributed by atoms with Crippen molar-refractivity contribution in [2.45, 2.75) is 17.7 Å². The van der Waals surface area contributed by atoms with E-state index in [1.54, 1.807) is 37.1 Å². The predicted molar refractivity (Wildman–Crippen MR) is 93.0 cm³/mol. The molecular weight excluding hydrogens is 318 g/mol. The van der Waals surface area contributed by atoms with Crippen molar-refractivity contribution in [3.8, 4) is 5.75 Å². The fraction of sp³-hybridized carbons (Fsp3) is 0.235. The molecular formula is C17H18ClNO2S. The lowest BCUT2D eigenvalue weighted by Crippen LogP contribution is -2.12. The Morgan fingerprint density at radius 1 is 1.23 bits per heavy atom. The van der Waals surface area contributed by atoms with Crippen molar-refractivity contribution in [3.63, 3.8) is 0 Å². The van der Waals surface area contributed by atoms with Gasteiger partial charge in [-0.25, -0.2) is 0 Å². The Bertz CT molecular complexity index is 619. The van der Waals surface area contributed by atoms with Crippen molar-refractivity contribution in [2.24, 2.45) is 0 Å². The first-order valence-corrected chi connectivity index (χ1v) is 8.36. The first-order valence-electron chi connectivity index (χ1n) is 7.00. The van der Waals surface area contributed by atoms with Gasteiger partial charge in [0.25, 0.3) is 0 Å². The Morgan fingerprint density at radius 2 is 2.00 bits per heavy atom. The van der Waals surface area contributed by atoms with Gasteiger partial charge in [-0.05, 0) is 42.5 Å². The van der Waals surface area contributed by atoms with Crippen LogP contribution < -0.4 is 10.1 Å². The van der Waals surface area contributed by atoms with Crippen molar-refractivity contribution >= 4 is 35.0 Å². The van der Waals surface area contributed by atoms with E-state index >= 15 is 0 Å². The van der Waals surface area contributed by atoms with Gasteiger partial charge in [0.1, 0.15) is 5.75 Å². The molecule has 2 aromatic rings. The zero-order valence-corrected chi connectivity index (χ0v) is 13.9. The highest BCUT2D eigenvalue weighted by atomic mass is 35.5. The quantitative estimate of drug-likeness (QED) is 0.580. The minimum Gasteiger partial charge on any atom is -0.495 e. The number of hydrogen-bond acceptors (Lipinski definition) is 3. The number of carbonyl (C=O) groups is 1. The zero-order chi connectivity index (χ0) is 15.8. The number of hydrogen-bond donors (Lipinski definition) is 1. The molecule has 0 aliphatic rings. The molecule has 0 aliphatic carbocycles. The van der Waals surface area contributed by atoms with E-state index in [1.165, 1.54) is 4.90 Å². The second kappa shape index (κ2) is 8.71. The summed E-state index contributed by atoms with van der Waals surface area (Å²) in [5.41, 5.74) is 0.607. The third-order valence-electron chi connectivity index (χ3n) is 3.00. The number of thioether (sulfide) groups is 1.